The predicted octanol–water partition coefficient (Wildman–Crippen LogP) is 3.59. The van der Waals surface area contributed by atoms with Gasteiger partial charge in [0.05, 0.1) is 12.7 Å². The van der Waals surface area contributed by atoms with Crippen LogP contribution >= 0.6 is 11.3 Å². The maximum absolute atomic E-state index is 13.0. The summed E-state index contributed by atoms with van der Waals surface area (Å²) in [4.78, 5) is 0.716. The van der Waals surface area contributed by atoms with Crippen molar-refractivity contribution in [1.29, 1.82) is 0 Å². The molecule has 4 aromatic rings. The van der Waals surface area contributed by atoms with Crippen LogP contribution in [0.25, 0.3) is 15.5 Å². The van der Waals surface area contributed by atoms with E-state index in [0.717, 1.165) is 21.9 Å². The highest BCUT2D eigenvalue weighted by atomic mass is 32.1. The fourth-order valence-corrected chi connectivity index (χ4v) is 3.37. The zero-order valence-corrected chi connectivity index (χ0v) is 13.6. The second-order valence-electron chi connectivity index (χ2n) is 5.22. The van der Waals surface area contributed by atoms with Crippen molar-refractivity contribution in [3.8, 4) is 16.3 Å². The van der Waals surface area contributed by atoms with Crippen LogP contribution in [0.4, 0.5) is 4.39 Å². The standard InChI is InChI=1S/C17H13FN4OS/c1-23-14-5-3-2-4-13(14)16-21-22-15(19-20-17(22)24-16)10-11-6-8-12(18)9-7-11/h2-9H,10H2,1H3. The van der Waals surface area contributed by atoms with Crippen molar-refractivity contribution >= 4 is 16.3 Å². The van der Waals surface area contributed by atoms with Gasteiger partial charge in [0.25, 0.3) is 0 Å². The minimum absolute atomic E-state index is 0.253. The van der Waals surface area contributed by atoms with Crippen LogP contribution in [0.5, 0.6) is 5.75 Å². The molecule has 0 atom stereocenters. The molecule has 5 nitrogen and oxygen atoms in total. The van der Waals surface area contributed by atoms with Crippen molar-refractivity contribution in [2.45, 2.75) is 6.42 Å². The van der Waals surface area contributed by atoms with Gasteiger partial charge >= 0.3 is 0 Å². The summed E-state index contributed by atoms with van der Waals surface area (Å²) in [6, 6.07) is 14.1. The number of aromatic nitrogens is 4. The van der Waals surface area contributed by atoms with E-state index in [0.29, 0.717) is 17.2 Å². The maximum Gasteiger partial charge on any atom is 0.234 e. The maximum atomic E-state index is 13.0. The monoisotopic (exact) mass is 340 g/mol. The first-order valence-electron chi connectivity index (χ1n) is 7.33. The van der Waals surface area contributed by atoms with Crippen LogP contribution in [-0.4, -0.2) is 26.9 Å². The summed E-state index contributed by atoms with van der Waals surface area (Å²) < 4.78 is 20.2. The SMILES string of the molecule is COc1ccccc1-c1nn2c(Cc3ccc(F)cc3)nnc2s1. The predicted molar refractivity (Wildman–Crippen MR) is 89.9 cm³/mol. The lowest BCUT2D eigenvalue weighted by molar-refractivity contribution is 0.416. The molecule has 0 bridgehead atoms. The van der Waals surface area contributed by atoms with Crippen molar-refractivity contribution in [3.05, 3.63) is 65.7 Å². The highest BCUT2D eigenvalue weighted by molar-refractivity contribution is 7.19. The Morgan fingerprint density at radius 1 is 1.08 bits per heavy atom. The van der Waals surface area contributed by atoms with Crippen LogP contribution in [0.2, 0.25) is 0 Å². The molecule has 0 N–H and O–H groups in total. The number of methoxy groups -OCH3 is 1. The topological polar surface area (TPSA) is 52.3 Å². The lowest BCUT2D eigenvalue weighted by Gasteiger charge is -2.04. The van der Waals surface area contributed by atoms with Crippen LogP contribution in [0.3, 0.4) is 0 Å². The Morgan fingerprint density at radius 2 is 1.88 bits per heavy atom. The van der Waals surface area contributed by atoms with Crippen molar-refractivity contribution < 1.29 is 9.13 Å². The average Bonchev–Trinajstić information content (AvgIpc) is 3.19. The largest absolute Gasteiger partial charge is 0.496 e. The molecular weight excluding hydrogens is 327 g/mol. The lowest BCUT2D eigenvalue weighted by atomic mass is 10.1. The normalized spacial score (nSPS) is 11.1. The number of benzene rings is 2. The third-order valence-electron chi connectivity index (χ3n) is 3.67. The van der Waals surface area contributed by atoms with Gasteiger partial charge in [-0.15, -0.1) is 10.2 Å². The molecule has 4 rings (SSSR count). The second kappa shape index (κ2) is 6.01. The number of halogens is 1. The van der Waals surface area contributed by atoms with Gasteiger partial charge in [-0.05, 0) is 29.8 Å². The van der Waals surface area contributed by atoms with Gasteiger partial charge in [-0.1, -0.05) is 35.6 Å². The number of para-hydroxylation sites is 1. The van der Waals surface area contributed by atoms with Gasteiger partial charge < -0.3 is 4.74 Å². The average molecular weight is 340 g/mol. The molecule has 0 fully saturated rings. The van der Waals surface area contributed by atoms with Crippen LogP contribution in [0.1, 0.15) is 11.4 Å². The Balaban J connectivity index is 1.72. The summed E-state index contributed by atoms with van der Waals surface area (Å²) >= 11 is 1.45. The fraction of sp³-hybridized carbons (Fsp3) is 0.118. The molecule has 0 spiro atoms. The Morgan fingerprint density at radius 3 is 2.67 bits per heavy atom. The first-order valence-corrected chi connectivity index (χ1v) is 8.15. The van der Waals surface area contributed by atoms with E-state index in [1.807, 2.05) is 24.3 Å². The van der Waals surface area contributed by atoms with Crippen LogP contribution in [0, 0.1) is 5.82 Å². The van der Waals surface area contributed by atoms with Crippen LogP contribution < -0.4 is 4.74 Å². The summed E-state index contributed by atoms with van der Waals surface area (Å²) in [6.07, 6.45) is 0.538. The minimum Gasteiger partial charge on any atom is -0.496 e. The van der Waals surface area contributed by atoms with Gasteiger partial charge in [-0.2, -0.15) is 9.61 Å². The van der Waals surface area contributed by atoms with E-state index in [9.17, 15) is 4.39 Å². The molecule has 0 amide bonds. The summed E-state index contributed by atoms with van der Waals surface area (Å²) in [6.45, 7) is 0. The van der Waals surface area contributed by atoms with E-state index >= 15 is 0 Å². The molecular formula is C17H13FN4OS. The van der Waals surface area contributed by atoms with Gasteiger partial charge in [0, 0.05) is 6.42 Å². The third-order valence-corrected chi connectivity index (χ3v) is 4.60. The molecule has 0 unspecified atom stereocenters. The van der Waals surface area contributed by atoms with Crippen LogP contribution in [0.15, 0.2) is 48.5 Å². The van der Waals surface area contributed by atoms with Crippen molar-refractivity contribution in [2.24, 2.45) is 0 Å². The van der Waals surface area contributed by atoms with Crippen molar-refractivity contribution in [1.82, 2.24) is 19.8 Å². The van der Waals surface area contributed by atoms with E-state index in [4.69, 9.17) is 4.74 Å². The Hall–Kier alpha value is -2.80. The number of nitrogens with zero attached hydrogens (tertiary/aromatic N) is 4. The van der Waals surface area contributed by atoms with E-state index in [1.165, 1.54) is 23.5 Å². The van der Waals surface area contributed by atoms with E-state index in [2.05, 4.69) is 15.3 Å². The molecule has 120 valence electrons. The molecule has 0 aliphatic heterocycles. The van der Waals surface area contributed by atoms with Gasteiger partial charge in [0.15, 0.2) is 10.8 Å². The number of hydrogen-bond donors (Lipinski definition) is 0. The first kappa shape index (κ1) is 14.8. The van der Waals surface area contributed by atoms with Gasteiger partial charge in [-0.3, -0.25) is 0 Å². The van der Waals surface area contributed by atoms with Gasteiger partial charge in [-0.25, -0.2) is 4.39 Å². The van der Waals surface area contributed by atoms with E-state index in [1.54, 1.807) is 23.8 Å². The minimum atomic E-state index is -0.253. The van der Waals surface area contributed by atoms with E-state index in [-0.39, 0.29) is 5.82 Å². The molecule has 2 heterocycles. The summed E-state index contributed by atoms with van der Waals surface area (Å²) in [5, 5.41) is 13.8. The molecule has 24 heavy (non-hydrogen) atoms. The van der Waals surface area contributed by atoms with Crippen LogP contribution in [-0.2, 0) is 6.42 Å². The summed E-state index contributed by atoms with van der Waals surface area (Å²) in [5.41, 5.74) is 1.88. The zero-order valence-electron chi connectivity index (χ0n) is 12.8. The Bertz CT molecular complexity index is 993. The molecule has 7 heteroatoms. The Kier molecular flexibility index (Phi) is 3.70. The van der Waals surface area contributed by atoms with Crippen molar-refractivity contribution in [3.63, 3.8) is 0 Å². The van der Waals surface area contributed by atoms with Crippen molar-refractivity contribution in [2.75, 3.05) is 7.11 Å². The van der Waals surface area contributed by atoms with Gasteiger partial charge in [0.1, 0.15) is 11.6 Å². The quantitative estimate of drug-likeness (QED) is 0.570. The zero-order chi connectivity index (χ0) is 16.5. The highest BCUT2D eigenvalue weighted by Crippen LogP contribution is 2.32. The Labute approximate surface area is 141 Å². The molecule has 0 radical (unpaired) electrons. The number of fused-ring (bicyclic) bond motifs is 1. The summed E-state index contributed by atoms with van der Waals surface area (Å²) in [7, 11) is 1.64. The lowest BCUT2D eigenvalue weighted by Crippen LogP contribution is -1.98. The molecule has 2 aromatic carbocycles. The molecule has 0 aliphatic carbocycles. The third kappa shape index (κ3) is 2.63. The molecule has 2 aromatic heterocycles. The highest BCUT2D eigenvalue weighted by Gasteiger charge is 2.15. The number of rotatable bonds is 4. The first-order chi connectivity index (χ1) is 11.7. The second-order valence-corrected chi connectivity index (χ2v) is 6.18. The fourth-order valence-electron chi connectivity index (χ4n) is 2.48. The number of ether oxygens (including phenoxy) is 1. The smallest absolute Gasteiger partial charge is 0.234 e. The number of hydrogen-bond acceptors (Lipinski definition) is 5. The van der Waals surface area contributed by atoms with Gasteiger partial charge in [0.2, 0.25) is 4.96 Å². The van der Waals surface area contributed by atoms with E-state index < -0.39 is 0 Å². The molecule has 0 saturated carbocycles. The molecule has 0 aliphatic rings. The summed E-state index contributed by atoms with van der Waals surface area (Å²) in [5.74, 6) is 1.23. The molecule has 0 saturated heterocycles.